The number of halogens is 1. The van der Waals surface area contributed by atoms with Gasteiger partial charge in [0.1, 0.15) is 17.3 Å². The lowest BCUT2D eigenvalue weighted by molar-refractivity contribution is -0.115. The largest absolute Gasteiger partial charge is 0.493 e. The topological polar surface area (TPSA) is 70.3 Å². The number of hydrogen-bond donors (Lipinski definition) is 1. The zero-order valence-electron chi connectivity index (χ0n) is 20.7. The van der Waals surface area contributed by atoms with E-state index in [1.165, 1.54) is 11.8 Å². The molecule has 5 rings (SSSR count). The van der Waals surface area contributed by atoms with Crippen LogP contribution in [0.3, 0.4) is 0 Å². The maximum Gasteiger partial charge on any atom is 0.264 e. The van der Waals surface area contributed by atoms with Gasteiger partial charge in [0.2, 0.25) is 0 Å². The van der Waals surface area contributed by atoms with Gasteiger partial charge in [-0.15, -0.1) is 0 Å². The van der Waals surface area contributed by atoms with Crippen molar-refractivity contribution in [3.05, 3.63) is 76.4 Å². The number of amidine groups is 1. The lowest BCUT2D eigenvalue weighted by Crippen LogP contribution is -2.44. The Hall–Kier alpha value is -3.04. The van der Waals surface area contributed by atoms with E-state index in [9.17, 15) is 4.79 Å². The maximum atomic E-state index is 12.5. The Kier molecular flexibility index (Phi) is 8.31. The summed E-state index contributed by atoms with van der Waals surface area (Å²) in [4.78, 5) is 22.5. The molecule has 2 fully saturated rings. The molecule has 0 atom stereocenters. The van der Waals surface area contributed by atoms with Crippen molar-refractivity contribution in [3.63, 3.8) is 0 Å². The van der Waals surface area contributed by atoms with Crippen LogP contribution >= 0.6 is 23.4 Å². The van der Waals surface area contributed by atoms with E-state index < -0.39 is 0 Å². The number of benzene rings is 2. The number of furan rings is 1. The summed E-state index contributed by atoms with van der Waals surface area (Å²) in [5, 5.41) is 4.02. The van der Waals surface area contributed by atoms with E-state index in [0.717, 1.165) is 56.1 Å². The van der Waals surface area contributed by atoms with Crippen LogP contribution in [0.15, 0.2) is 75.0 Å². The lowest BCUT2D eigenvalue weighted by Gasteiger charge is -2.32. The minimum atomic E-state index is -0.204. The maximum absolute atomic E-state index is 12.5. The second kappa shape index (κ2) is 12.0. The standard InChI is InChI=1S/C28H29ClN4O3S/c1-32-13-15-33(16-14-32)12-3-17-35-23-5-2-4-22(18-23)30-28-31-27(34)26(37-28)19-24-10-11-25(36-24)20-6-8-21(29)9-7-20/h2,4-11,18-19H,3,12-17H2,1H3,(H,30,31,34)/b26-19+. The highest BCUT2D eigenvalue weighted by molar-refractivity contribution is 8.18. The van der Waals surface area contributed by atoms with Crippen molar-refractivity contribution >= 4 is 46.2 Å². The molecule has 1 amide bonds. The molecule has 7 nitrogen and oxygen atoms in total. The summed E-state index contributed by atoms with van der Waals surface area (Å²) >= 11 is 7.25. The third-order valence-corrected chi connectivity index (χ3v) is 7.37. The highest BCUT2D eigenvalue weighted by atomic mass is 35.5. The summed E-state index contributed by atoms with van der Waals surface area (Å²) in [6.45, 7) is 6.19. The Morgan fingerprint density at radius 3 is 2.73 bits per heavy atom. The van der Waals surface area contributed by atoms with Crippen molar-refractivity contribution in [2.45, 2.75) is 6.42 Å². The molecule has 1 aromatic heterocycles. The van der Waals surface area contributed by atoms with Crippen molar-refractivity contribution < 1.29 is 13.9 Å². The molecule has 0 bridgehead atoms. The van der Waals surface area contributed by atoms with Gasteiger partial charge in [0.15, 0.2) is 5.17 Å². The quantitative estimate of drug-likeness (QED) is 0.302. The Morgan fingerprint density at radius 1 is 1.11 bits per heavy atom. The van der Waals surface area contributed by atoms with Crippen LogP contribution in [0.4, 0.5) is 5.69 Å². The van der Waals surface area contributed by atoms with Crippen LogP contribution in [0.25, 0.3) is 17.4 Å². The molecular formula is C28H29ClN4O3S. The van der Waals surface area contributed by atoms with Crippen LogP contribution in [-0.4, -0.2) is 67.3 Å². The molecule has 2 aliphatic rings. The minimum absolute atomic E-state index is 0.204. The van der Waals surface area contributed by atoms with E-state index in [0.29, 0.717) is 33.2 Å². The number of amides is 1. The number of carbonyl (C=O) groups is 1. The number of rotatable bonds is 8. The van der Waals surface area contributed by atoms with E-state index >= 15 is 0 Å². The average molecular weight is 537 g/mol. The fraction of sp³-hybridized carbons (Fsp3) is 0.286. The molecule has 0 aliphatic carbocycles. The number of carbonyl (C=O) groups excluding carboxylic acids is 1. The number of nitrogens with one attached hydrogen (secondary N) is 1. The first kappa shape index (κ1) is 25.6. The summed E-state index contributed by atoms with van der Waals surface area (Å²) in [6.07, 6.45) is 2.71. The van der Waals surface area contributed by atoms with E-state index in [-0.39, 0.29) is 5.91 Å². The fourth-order valence-electron chi connectivity index (χ4n) is 4.12. The molecule has 192 valence electrons. The molecule has 2 aromatic carbocycles. The van der Waals surface area contributed by atoms with Crippen LogP contribution in [-0.2, 0) is 4.79 Å². The molecule has 2 aliphatic heterocycles. The van der Waals surface area contributed by atoms with Crippen LogP contribution in [0.1, 0.15) is 12.2 Å². The van der Waals surface area contributed by atoms with Crippen LogP contribution < -0.4 is 10.1 Å². The smallest absolute Gasteiger partial charge is 0.264 e. The molecule has 2 saturated heterocycles. The zero-order chi connectivity index (χ0) is 25.6. The highest BCUT2D eigenvalue weighted by Gasteiger charge is 2.24. The molecule has 0 saturated carbocycles. The van der Waals surface area contributed by atoms with Gasteiger partial charge in [0, 0.05) is 55.5 Å². The van der Waals surface area contributed by atoms with Crippen molar-refractivity contribution in [1.82, 2.24) is 15.1 Å². The fourth-order valence-corrected chi connectivity index (χ4v) is 5.07. The third-order valence-electron chi connectivity index (χ3n) is 6.21. The van der Waals surface area contributed by atoms with Gasteiger partial charge in [0.25, 0.3) is 5.91 Å². The third kappa shape index (κ3) is 7.05. The van der Waals surface area contributed by atoms with Crippen molar-refractivity contribution in [2.24, 2.45) is 4.99 Å². The van der Waals surface area contributed by atoms with Crippen LogP contribution in [0, 0.1) is 0 Å². The number of piperazine rings is 1. The van der Waals surface area contributed by atoms with E-state index in [4.69, 9.17) is 20.8 Å². The van der Waals surface area contributed by atoms with Gasteiger partial charge in [0.05, 0.1) is 17.2 Å². The SMILES string of the molecule is CN1CCN(CCCOc2cccc(N=C3NC(=O)/C(=C\c4ccc(-c5ccc(Cl)cc5)o4)S3)c2)CC1. The molecule has 0 unspecified atom stereocenters. The molecule has 0 radical (unpaired) electrons. The normalized spacial score (nSPS) is 19.0. The van der Waals surface area contributed by atoms with Crippen molar-refractivity contribution in [3.8, 4) is 17.1 Å². The first-order chi connectivity index (χ1) is 18.0. The van der Waals surface area contributed by atoms with E-state index in [1.54, 1.807) is 6.08 Å². The first-order valence-electron chi connectivity index (χ1n) is 12.3. The Labute approximate surface area is 226 Å². The number of ether oxygens (including phenoxy) is 1. The number of likely N-dealkylation sites (N-methyl/N-ethyl adjacent to an activating group) is 1. The molecule has 0 spiro atoms. The summed E-state index contributed by atoms with van der Waals surface area (Å²) in [5.41, 5.74) is 1.64. The Morgan fingerprint density at radius 2 is 1.92 bits per heavy atom. The predicted octanol–water partition coefficient (Wildman–Crippen LogP) is 5.51. The van der Waals surface area contributed by atoms with Gasteiger partial charge in [-0.25, -0.2) is 4.99 Å². The Balaban J connectivity index is 1.16. The average Bonchev–Trinajstić information content (AvgIpc) is 3.50. The molecule has 3 heterocycles. The van der Waals surface area contributed by atoms with Gasteiger partial charge in [-0.1, -0.05) is 17.7 Å². The number of thioether (sulfide) groups is 1. The predicted molar refractivity (Wildman–Crippen MR) is 150 cm³/mol. The molecule has 3 aromatic rings. The lowest BCUT2D eigenvalue weighted by atomic mass is 10.2. The van der Waals surface area contributed by atoms with E-state index in [2.05, 4.69) is 27.2 Å². The van der Waals surface area contributed by atoms with Gasteiger partial charge in [-0.3, -0.25) is 4.79 Å². The van der Waals surface area contributed by atoms with Gasteiger partial charge in [-0.2, -0.15) is 0 Å². The minimum Gasteiger partial charge on any atom is -0.493 e. The summed E-state index contributed by atoms with van der Waals surface area (Å²) in [5.74, 6) is 1.87. The van der Waals surface area contributed by atoms with Gasteiger partial charge in [-0.05, 0) is 73.8 Å². The second-order valence-electron chi connectivity index (χ2n) is 9.03. The molecule has 9 heteroatoms. The highest BCUT2D eigenvalue weighted by Crippen LogP contribution is 2.31. The van der Waals surface area contributed by atoms with Crippen LogP contribution in [0.2, 0.25) is 5.02 Å². The number of hydrogen-bond acceptors (Lipinski definition) is 7. The number of aliphatic imine (C=N–C) groups is 1. The van der Waals surface area contributed by atoms with Crippen LogP contribution in [0.5, 0.6) is 5.75 Å². The first-order valence-corrected chi connectivity index (χ1v) is 13.5. The molecular weight excluding hydrogens is 508 g/mol. The van der Waals surface area contributed by atoms with Gasteiger partial charge < -0.3 is 24.3 Å². The van der Waals surface area contributed by atoms with Gasteiger partial charge >= 0.3 is 0 Å². The second-order valence-corrected chi connectivity index (χ2v) is 10.5. The van der Waals surface area contributed by atoms with E-state index in [1.807, 2.05) is 60.7 Å². The monoisotopic (exact) mass is 536 g/mol. The molecule has 37 heavy (non-hydrogen) atoms. The summed E-state index contributed by atoms with van der Waals surface area (Å²) < 4.78 is 11.9. The zero-order valence-corrected chi connectivity index (χ0v) is 22.2. The summed E-state index contributed by atoms with van der Waals surface area (Å²) in [6, 6.07) is 18.8. The summed E-state index contributed by atoms with van der Waals surface area (Å²) in [7, 11) is 2.17. The Bertz CT molecular complexity index is 1300. The van der Waals surface area contributed by atoms with Crippen molar-refractivity contribution in [2.75, 3.05) is 46.4 Å². The van der Waals surface area contributed by atoms with Crippen molar-refractivity contribution in [1.29, 1.82) is 0 Å². The number of nitrogens with zero attached hydrogens (tertiary/aromatic N) is 3. The molecule has 1 N–H and O–H groups in total.